The fourth-order valence-electron chi connectivity index (χ4n) is 3.75. The van der Waals surface area contributed by atoms with E-state index < -0.39 is 0 Å². The number of benzene rings is 1. The van der Waals surface area contributed by atoms with Crippen LogP contribution in [0.25, 0.3) is 20.8 Å². The Kier molecular flexibility index (Phi) is 4.56. The van der Waals surface area contributed by atoms with Gasteiger partial charge in [0, 0.05) is 35.2 Å². The van der Waals surface area contributed by atoms with Crippen LogP contribution in [0.4, 0.5) is 0 Å². The van der Waals surface area contributed by atoms with E-state index in [1.807, 2.05) is 23.1 Å². The number of rotatable bonds is 4. The number of carbonyl (C=O) groups excluding carboxylic acids is 2. The molecule has 1 aliphatic rings. The lowest BCUT2D eigenvalue weighted by Gasteiger charge is -2.26. The van der Waals surface area contributed by atoms with E-state index in [1.54, 1.807) is 41.7 Å². The van der Waals surface area contributed by atoms with Crippen molar-refractivity contribution < 1.29 is 14.0 Å². The zero-order valence-corrected chi connectivity index (χ0v) is 17.4. The van der Waals surface area contributed by atoms with E-state index in [2.05, 4.69) is 6.07 Å². The number of nitrogens with zero attached hydrogens (tertiary/aromatic N) is 2. The molecule has 0 saturated carbocycles. The monoisotopic (exact) mass is 422 g/mol. The highest BCUT2D eigenvalue weighted by Gasteiger charge is 2.29. The number of ketones is 1. The average Bonchev–Trinajstić information content (AvgIpc) is 3.44. The molecule has 1 amide bonds. The third-order valence-electron chi connectivity index (χ3n) is 5.20. The summed E-state index contributed by atoms with van der Waals surface area (Å²) in [5.41, 5.74) is 3.28. The van der Waals surface area contributed by atoms with Crippen molar-refractivity contribution in [2.24, 2.45) is 0 Å². The van der Waals surface area contributed by atoms with E-state index in [9.17, 15) is 9.59 Å². The van der Waals surface area contributed by atoms with E-state index in [0.717, 1.165) is 37.0 Å². The standard InChI is InChI=1S/C22H18N2O3S2/c1-13(25)24-9-8-14-20(12-24)28-19(11-16(26)17-6-4-10-27-17)21(14)22-23-15-5-2-3-7-18(15)29-22/h2-7,10H,8-9,11-12H2,1H3. The van der Waals surface area contributed by atoms with Crippen LogP contribution in [0.3, 0.4) is 0 Å². The van der Waals surface area contributed by atoms with Crippen LogP contribution in [0, 0.1) is 0 Å². The van der Waals surface area contributed by atoms with Crippen LogP contribution in [0.1, 0.15) is 32.8 Å². The number of thiazole rings is 1. The zero-order valence-electron chi connectivity index (χ0n) is 15.8. The molecule has 3 aromatic heterocycles. The summed E-state index contributed by atoms with van der Waals surface area (Å²) >= 11 is 3.28. The number of Topliss-reactive ketones (excluding diaryl/α,β-unsaturated/α-hetero) is 1. The number of para-hydroxylation sites is 1. The highest BCUT2D eigenvalue weighted by atomic mass is 32.1. The molecule has 29 heavy (non-hydrogen) atoms. The van der Waals surface area contributed by atoms with Crippen LogP contribution in [-0.2, 0) is 24.2 Å². The molecule has 5 rings (SSSR count). The van der Waals surface area contributed by atoms with Gasteiger partial charge in [-0.2, -0.15) is 0 Å². The number of hydrogen-bond donors (Lipinski definition) is 0. The Morgan fingerprint density at radius 2 is 2.03 bits per heavy atom. The van der Waals surface area contributed by atoms with Crippen molar-refractivity contribution in [1.82, 2.24) is 9.88 Å². The summed E-state index contributed by atoms with van der Waals surface area (Å²) < 4.78 is 6.43. The van der Waals surface area contributed by atoms with E-state index in [0.29, 0.717) is 18.8 Å². The van der Waals surface area contributed by atoms with E-state index in [-0.39, 0.29) is 18.1 Å². The first-order valence-electron chi connectivity index (χ1n) is 9.41. The predicted octanol–water partition coefficient (Wildman–Crippen LogP) is 4.95. The van der Waals surface area contributed by atoms with Crippen molar-refractivity contribution in [2.45, 2.75) is 26.3 Å². The first-order chi connectivity index (χ1) is 14.1. The average molecular weight is 423 g/mol. The Hall–Kier alpha value is -2.77. The molecule has 0 aliphatic carbocycles. The van der Waals surface area contributed by atoms with Crippen LogP contribution < -0.4 is 0 Å². The van der Waals surface area contributed by atoms with Gasteiger partial charge >= 0.3 is 0 Å². The Morgan fingerprint density at radius 3 is 2.79 bits per heavy atom. The molecule has 5 nitrogen and oxygen atoms in total. The molecular weight excluding hydrogens is 404 g/mol. The highest BCUT2D eigenvalue weighted by molar-refractivity contribution is 7.22. The molecule has 1 aromatic carbocycles. The second-order valence-corrected chi connectivity index (χ2v) is 9.28. The molecule has 0 spiro atoms. The fraction of sp³-hybridized carbons (Fsp3) is 0.227. The molecule has 0 radical (unpaired) electrons. The molecule has 0 saturated heterocycles. The summed E-state index contributed by atoms with van der Waals surface area (Å²) in [7, 11) is 0. The second kappa shape index (κ2) is 7.24. The maximum absolute atomic E-state index is 12.7. The third kappa shape index (κ3) is 3.30. The maximum Gasteiger partial charge on any atom is 0.219 e. The quantitative estimate of drug-likeness (QED) is 0.437. The largest absolute Gasteiger partial charge is 0.461 e. The zero-order chi connectivity index (χ0) is 20.0. The number of aromatic nitrogens is 1. The number of thiophene rings is 1. The minimum absolute atomic E-state index is 0.0422. The van der Waals surface area contributed by atoms with Crippen molar-refractivity contribution in [3.05, 3.63) is 63.7 Å². The van der Waals surface area contributed by atoms with Crippen LogP contribution in [0.15, 0.2) is 47.1 Å². The van der Waals surface area contributed by atoms with E-state index in [4.69, 9.17) is 9.40 Å². The Bertz CT molecular complexity index is 1190. The van der Waals surface area contributed by atoms with Gasteiger partial charge in [-0.15, -0.1) is 22.7 Å². The lowest BCUT2D eigenvalue weighted by molar-refractivity contribution is -0.129. The first kappa shape index (κ1) is 18.3. The molecule has 1 aliphatic heterocycles. The number of fused-ring (bicyclic) bond motifs is 2. The van der Waals surface area contributed by atoms with Crippen molar-refractivity contribution in [2.75, 3.05) is 6.54 Å². The summed E-state index contributed by atoms with van der Waals surface area (Å²) in [4.78, 5) is 33.5. The topological polar surface area (TPSA) is 63.4 Å². The minimum atomic E-state index is -0.0422. The summed E-state index contributed by atoms with van der Waals surface area (Å²) in [5, 5.41) is 0.946. The number of carbonyl (C=O) groups is 2. The summed E-state index contributed by atoms with van der Waals surface area (Å²) in [6.07, 6.45) is 2.58. The fourth-order valence-corrected chi connectivity index (χ4v) is 6.25. The van der Waals surface area contributed by atoms with Gasteiger partial charge < -0.3 is 9.32 Å². The van der Waals surface area contributed by atoms with Gasteiger partial charge in [0.25, 0.3) is 0 Å². The molecular formula is C22H18N2O3S2. The second-order valence-electron chi connectivity index (χ2n) is 7.06. The lowest BCUT2D eigenvalue weighted by Crippen LogP contribution is -2.33. The number of amides is 1. The molecule has 7 heteroatoms. The van der Waals surface area contributed by atoms with Crippen molar-refractivity contribution in [3.8, 4) is 10.6 Å². The minimum Gasteiger partial charge on any atom is -0.461 e. The van der Waals surface area contributed by atoms with Crippen LogP contribution >= 0.6 is 22.7 Å². The van der Waals surface area contributed by atoms with Crippen molar-refractivity contribution in [3.63, 3.8) is 0 Å². The summed E-state index contributed by atoms with van der Waals surface area (Å²) in [6.45, 7) is 2.90. The molecule has 0 fully saturated rings. The van der Waals surface area contributed by atoms with Gasteiger partial charge in [0.05, 0.1) is 23.0 Å². The SMILES string of the molecule is CC(=O)N1CCc2c(sc(CC(=O)c3ccco3)c2-c2nc3ccccc3s2)C1. The number of hydrogen-bond acceptors (Lipinski definition) is 6. The Morgan fingerprint density at radius 1 is 1.17 bits per heavy atom. The number of furan rings is 1. The molecule has 0 bridgehead atoms. The van der Waals surface area contributed by atoms with Gasteiger partial charge in [-0.1, -0.05) is 12.1 Å². The van der Waals surface area contributed by atoms with Crippen molar-refractivity contribution >= 4 is 44.6 Å². The molecule has 4 heterocycles. The molecule has 146 valence electrons. The lowest BCUT2D eigenvalue weighted by atomic mass is 10.00. The third-order valence-corrected chi connectivity index (χ3v) is 7.47. The van der Waals surface area contributed by atoms with Gasteiger partial charge in [0.2, 0.25) is 11.7 Å². The van der Waals surface area contributed by atoms with Gasteiger partial charge in [-0.05, 0) is 36.2 Å². The molecule has 4 aromatic rings. The highest BCUT2D eigenvalue weighted by Crippen LogP contribution is 2.43. The summed E-state index contributed by atoms with van der Waals surface area (Å²) in [6, 6.07) is 11.5. The molecule has 0 N–H and O–H groups in total. The van der Waals surface area contributed by atoms with E-state index in [1.165, 1.54) is 11.8 Å². The Balaban J connectivity index is 1.61. The van der Waals surface area contributed by atoms with Crippen LogP contribution in [0.2, 0.25) is 0 Å². The normalized spacial score (nSPS) is 13.6. The van der Waals surface area contributed by atoms with E-state index >= 15 is 0 Å². The van der Waals surface area contributed by atoms with Gasteiger partial charge in [0.1, 0.15) is 5.01 Å². The maximum atomic E-state index is 12.7. The Labute approximate surface area is 175 Å². The van der Waals surface area contributed by atoms with Crippen molar-refractivity contribution in [1.29, 1.82) is 0 Å². The van der Waals surface area contributed by atoms with Gasteiger partial charge in [-0.3, -0.25) is 9.59 Å². The van der Waals surface area contributed by atoms with Crippen LogP contribution in [0.5, 0.6) is 0 Å². The molecule has 0 unspecified atom stereocenters. The predicted molar refractivity (Wildman–Crippen MR) is 114 cm³/mol. The van der Waals surface area contributed by atoms with Gasteiger partial charge in [-0.25, -0.2) is 4.98 Å². The summed E-state index contributed by atoms with van der Waals surface area (Å²) in [5.74, 6) is 0.412. The first-order valence-corrected chi connectivity index (χ1v) is 11.0. The molecule has 0 atom stereocenters. The smallest absolute Gasteiger partial charge is 0.219 e. The van der Waals surface area contributed by atoms with Crippen LogP contribution in [-0.4, -0.2) is 28.1 Å². The van der Waals surface area contributed by atoms with Gasteiger partial charge in [0.15, 0.2) is 5.76 Å².